The Labute approximate surface area is 89.6 Å². The fourth-order valence-corrected chi connectivity index (χ4v) is 1.62. The molecule has 15 heavy (non-hydrogen) atoms. The molecule has 88 valence electrons. The van der Waals surface area contributed by atoms with Crippen LogP contribution in [0.4, 0.5) is 9.18 Å². The molecule has 0 radical (unpaired) electrons. The molecular weight excluding hydrogens is 199 g/mol. The highest BCUT2D eigenvalue weighted by Gasteiger charge is 2.28. The number of carbonyl (C=O) groups excluding carboxylic acids is 1. The molecular formula is C10H19FN2O2. The third-order valence-electron chi connectivity index (χ3n) is 2.41. The van der Waals surface area contributed by atoms with Gasteiger partial charge in [0.25, 0.3) is 0 Å². The maximum absolute atomic E-state index is 13.1. The lowest BCUT2D eigenvalue weighted by Gasteiger charge is -2.32. The molecule has 1 fully saturated rings. The van der Waals surface area contributed by atoms with Gasteiger partial charge in [0.05, 0.1) is 13.2 Å². The monoisotopic (exact) mass is 218 g/mol. The minimum Gasteiger partial charge on any atom is -0.449 e. The molecule has 1 aliphatic heterocycles. The topological polar surface area (TPSA) is 55.6 Å². The molecule has 1 amide bonds. The van der Waals surface area contributed by atoms with Crippen molar-refractivity contribution in [1.29, 1.82) is 0 Å². The van der Waals surface area contributed by atoms with E-state index in [2.05, 4.69) is 0 Å². The van der Waals surface area contributed by atoms with E-state index in [1.165, 1.54) is 4.90 Å². The Morgan fingerprint density at radius 1 is 1.60 bits per heavy atom. The summed E-state index contributed by atoms with van der Waals surface area (Å²) in [6.07, 6.45) is 0.677. The Morgan fingerprint density at radius 3 is 2.93 bits per heavy atom. The Kier molecular flexibility index (Phi) is 4.81. The normalized spacial score (nSPS) is 26.5. The van der Waals surface area contributed by atoms with Gasteiger partial charge < -0.3 is 15.4 Å². The number of nitrogens with two attached hydrogens (primary N) is 1. The lowest BCUT2D eigenvalue weighted by molar-refractivity contribution is 0.0703. The summed E-state index contributed by atoms with van der Waals surface area (Å²) in [6.45, 7) is 2.92. The van der Waals surface area contributed by atoms with E-state index in [0.717, 1.165) is 12.8 Å². The molecule has 0 aromatic rings. The molecule has 2 atom stereocenters. The average molecular weight is 218 g/mol. The van der Waals surface area contributed by atoms with Crippen molar-refractivity contribution in [3.63, 3.8) is 0 Å². The number of rotatable bonds is 3. The van der Waals surface area contributed by atoms with Crippen molar-refractivity contribution >= 4 is 6.09 Å². The SMILES string of the molecule is CCCCOC(=O)N1C[C@H](N)C[C@@H](F)C1. The summed E-state index contributed by atoms with van der Waals surface area (Å²) in [6, 6.07) is -0.271. The van der Waals surface area contributed by atoms with Crippen molar-refractivity contribution in [2.75, 3.05) is 19.7 Å². The van der Waals surface area contributed by atoms with Gasteiger partial charge in [-0.1, -0.05) is 13.3 Å². The molecule has 1 heterocycles. The Hall–Kier alpha value is -0.840. The number of likely N-dealkylation sites (tertiary alicyclic amines) is 1. The fourth-order valence-electron chi connectivity index (χ4n) is 1.62. The zero-order valence-corrected chi connectivity index (χ0v) is 9.12. The summed E-state index contributed by atoms with van der Waals surface area (Å²) in [5.74, 6) is 0. The number of hydrogen-bond acceptors (Lipinski definition) is 3. The molecule has 1 saturated heterocycles. The van der Waals surface area contributed by atoms with Crippen molar-refractivity contribution in [2.24, 2.45) is 5.73 Å². The molecule has 2 N–H and O–H groups in total. The largest absolute Gasteiger partial charge is 0.449 e. The number of amides is 1. The number of alkyl halides is 1. The van der Waals surface area contributed by atoms with Crippen LogP contribution in [-0.4, -0.2) is 42.9 Å². The number of carbonyl (C=O) groups is 1. The maximum Gasteiger partial charge on any atom is 0.409 e. The van der Waals surface area contributed by atoms with Crippen LogP contribution >= 0.6 is 0 Å². The van der Waals surface area contributed by atoms with E-state index >= 15 is 0 Å². The summed E-state index contributed by atoms with van der Waals surface area (Å²) in [7, 11) is 0. The quantitative estimate of drug-likeness (QED) is 0.726. The van der Waals surface area contributed by atoms with Gasteiger partial charge in [0.15, 0.2) is 0 Å². The van der Waals surface area contributed by atoms with Gasteiger partial charge in [-0.15, -0.1) is 0 Å². The number of piperidine rings is 1. The van der Waals surface area contributed by atoms with E-state index in [4.69, 9.17) is 10.5 Å². The summed E-state index contributed by atoms with van der Waals surface area (Å²) in [5, 5.41) is 0. The average Bonchev–Trinajstić information content (AvgIpc) is 2.16. The van der Waals surface area contributed by atoms with Crippen LogP contribution in [0.2, 0.25) is 0 Å². The Balaban J connectivity index is 2.31. The van der Waals surface area contributed by atoms with Gasteiger partial charge in [0, 0.05) is 12.6 Å². The van der Waals surface area contributed by atoms with Crippen LogP contribution in [-0.2, 0) is 4.74 Å². The molecule has 0 saturated carbocycles. The number of nitrogens with zero attached hydrogens (tertiary/aromatic N) is 1. The van der Waals surface area contributed by atoms with Crippen LogP contribution in [0.5, 0.6) is 0 Å². The molecule has 0 spiro atoms. The highest BCUT2D eigenvalue weighted by molar-refractivity contribution is 5.67. The molecule has 5 heteroatoms. The van der Waals surface area contributed by atoms with Crippen molar-refractivity contribution in [1.82, 2.24) is 4.90 Å². The second kappa shape index (κ2) is 5.90. The fraction of sp³-hybridized carbons (Fsp3) is 0.900. The van der Waals surface area contributed by atoms with E-state index in [1.54, 1.807) is 0 Å². The molecule has 0 aromatic carbocycles. The lowest BCUT2D eigenvalue weighted by atomic mass is 10.1. The Bertz CT molecular complexity index is 204. The van der Waals surface area contributed by atoms with E-state index in [9.17, 15) is 9.18 Å². The molecule has 4 nitrogen and oxygen atoms in total. The molecule has 1 rings (SSSR count). The van der Waals surface area contributed by atoms with Crippen LogP contribution in [0.1, 0.15) is 26.2 Å². The third kappa shape index (κ3) is 4.03. The van der Waals surface area contributed by atoms with Gasteiger partial charge in [-0.3, -0.25) is 0 Å². The van der Waals surface area contributed by atoms with Crippen LogP contribution in [0.15, 0.2) is 0 Å². The third-order valence-corrected chi connectivity index (χ3v) is 2.41. The highest BCUT2D eigenvalue weighted by Crippen LogP contribution is 2.13. The molecule has 1 aliphatic rings. The zero-order valence-electron chi connectivity index (χ0n) is 9.12. The predicted molar refractivity (Wildman–Crippen MR) is 55.3 cm³/mol. The smallest absolute Gasteiger partial charge is 0.409 e. The first-order valence-corrected chi connectivity index (χ1v) is 5.44. The van der Waals surface area contributed by atoms with Gasteiger partial charge in [-0.25, -0.2) is 9.18 Å². The van der Waals surface area contributed by atoms with E-state index in [1.807, 2.05) is 6.92 Å². The van der Waals surface area contributed by atoms with Crippen molar-refractivity contribution in [3.8, 4) is 0 Å². The van der Waals surface area contributed by atoms with Crippen LogP contribution in [0.25, 0.3) is 0 Å². The standard InChI is InChI=1S/C10H19FN2O2/c1-2-3-4-15-10(14)13-6-8(11)5-9(12)7-13/h8-9H,2-7,12H2,1H3/t8-,9-/m1/s1. The summed E-state index contributed by atoms with van der Waals surface area (Å²) in [4.78, 5) is 12.8. The zero-order chi connectivity index (χ0) is 11.3. The van der Waals surface area contributed by atoms with Crippen molar-refractivity contribution in [2.45, 2.75) is 38.4 Å². The lowest BCUT2D eigenvalue weighted by Crippen LogP contribution is -2.50. The van der Waals surface area contributed by atoms with Crippen LogP contribution in [0.3, 0.4) is 0 Å². The highest BCUT2D eigenvalue weighted by atomic mass is 19.1. The first-order chi connectivity index (χ1) is 7.13. The summed E-state index contributed by atoms with van der Waals surface area (Å²) in [5.41, 5.74) is 5.62. The molecule has 0 aliphatic carbocycles. The Morgan fingerprint density at radius 2 is 2.33 bits per heavy atom. The minimum absolute atomic E-state index is 0.110. The number of hydrogen-bond donors (Lipinski definition) is 1. The van der Waals surface area contributed by atoms with E-state index < -0.39 is 12.3 Å². The number of ether oxygens (including phenoxy) is 1. The summed E-state index contributed by atoms with van der Waals surface area (Å²) >= 11 is 0. The van der Waals surface area contributed by atoms with Gasteiger partial charge in [-0.05, 0) is 12.8 Å². The van der Waals surface area contributed by atoms with Gasteiger partial charge in [0.1, 0.15) is 6.17 Å². The number of halogens is 1. The summed E-state index contributed by atoms with van der Waals surface area (Å²) < 4.78 is 18.1. The van der Waals surface area contributed by atoms with E-state index in [0.29, 0.717) is 19.6 Å². The van der Waals surface area contributed by atoms with Gasteiger partial charge in [0.2, 0.25) is 0 Å². The molecule has 0 unspecified atom stereocenters. The van der Waals surface area contributed by atoms with Crippen molar-refractivity contribution < 1.29 is 13.9 Å². The predicted octanol–water partition coefficient (Wildman–Crippen LogP) is 1.29. The minimum atomic E-state index is -1.02. The molecule has 0 aromatic heterocycles. The van der Waals surface area contributed by atoms with Crippen molar-refractivity contribution in [3.05, 3.63) is 0 Å². The van der Waals surface area contributed by atoms with E-state index in [-0.39, 0.29) is 12.6 Å². The number of unbranched alkanes of at least 4 members (excludes halogenated alkanes) is 1. The van der Waals surface area contributed by atoms with Crippen LogP contribution in [0, 0.1) is 0 Å². The second-order valence-electron chi connectivity index (χ2n) is 3.97. The molecule has 0 bridgehead atoms. The second-order valence-corrected chi connectivity index (χ2v) is 3.97. The first kappa shape index (κ1) is 12.2. The van der Waals surface area contributed by atoms with Gasteiger partial charge in [-0.2, -0.15) is 0 Å². The van der Waals surface area contributed by atoms with Crippen LogP contribution < -0.4 is 5.73 Å². The maximum atomic E-state index is 13.1. The first-order valence-electron chi connectivity index (χ1n) is 5.44. The van der Waals surface area contributed by atoms with Gasteiger partial charge >= 0.3 is 6.09 Å².